The molecule has 1 heterocycles. The SMILES string of the molecule is COC(=O)Nc1cc(-c2cccc(CN(C(=O)C3CC3)C3CCC(N)CC3)c2)ccc1N1CCCCCC1. The molecule has 5 rings (SSSR count). The lowest BCUT2D eigenvalue weighted by atomic mass is 9.90. The van der Waals surface area contributed by atoms with E-state index in [0.29, 0.717) is 12.5 Å². The van der Waals surface area contributed by atoms with Gasteiger partial charge in [0.2, 0.25) is 5.91 Å². The van der Waals surface area contributed by atoms with Gasteiger partial charge in [0.25, 0.3) is 0 Å². The lowest BCUT2D eigenvalue weighted by molar-refractivity contribution is -0.136. The Morgan fingerprint density at radius 2 is 1.66 bits per heavy atom. The molecule has 1 saturated heterocycles. The Morgan fingerprint density at radius 3 is 2.34 bits per heavy atom. The number of amides is 2. The van der Waals surface area contributed by atoms with Crippen LogP contribution < -0.4 is 16.0 Å². The lowest BCUT2D eigenvalue weighted by Gasteiger charge is -2.36. The van der Waals surface area contributed by atoms with Gasteiger partial charge in [-0.15, -0.1) is 0 Å². The van der Waals surface area contributed by atoms with Crippen LogP contribution in [0.4, 0.5) is 16.2 Å². The van der Waals surface area contributed by atoms with E-state index in [9.17, 15) is 9.59 Å². The van der Waals surface area contributed by atoms with Crippen molar-refractivity contribution in [1.29, 1.82) is 0 Å². The molecule has 38 heavy (non-hydrogen) atoms. The first kappa shape index (κ1) is 26.5. The number of ether oxygens (including phenoxy) is 1. The fourth-order valence-electron chi connectivity index (χ4n) is 5.98. The third kappa shape index (κ3) is 6.49. The molecule has 0 spiro atoms. The van der Waals surface area contributed by atoms with Crippen LogP contribution in [-0.2, 0) is 16.1 Å². The van der Waals surface area contributed by atoms with Crippen molar-refractivity contribution in [3.8, 4) is 11.1 Å². The Labute approximate surface area is 226 Å². The van der Waals surface area contributed by atoms with Gasteiger partial charge < -0.3 is 20.3 Å². The van der Waals surface area contributed by atoms with Gasteiger partial charge in [0, 0.05) is 37.6 Å². The first-order valence-electron chi connectivity index (χ1n) is 14.4. The summed E-state index contributed by atoms with van der Waals surface area (Å²) >= 11 is 0. The van der Waals surface area contributed by atoms with E-state index in [-0.39, 0.29) is 18.0 Å². The van der Waals surface area contributed by atoms with Gasteiger partial charge in [0.1, 0.15) is 0 Å². The predicted molar refractivity (Wildman–Crippen MR) is 152 cm³/mol. The second-order valence-corrected chi connectivity index (χ2v) is 11.3. The Bertz CT molecular complexity index is 1120. The van der Waals surface area contributed by atoms with Crippen LogP contribution in [0.5, 0.6) is 0 Å². The highest BCUT2D eigenvalue weighted by Crippen LogP contribution is 2.36. The number of nitrogens with zero attached hydrogens (tertiary/aromatic N) is 2. The minimum absolute atomic E-state index is 0.201. The average molecular weight is 519 g/mol. The summed E-state index contributed by atoms with van der Waals surface area (Å²) in [6, 6.07) is 15.3. The topological polar surface area (TPSA) is 87.9 Å². The van der Waals surface area contributed by atoms with Gasteiger partial charge in [-0.2, -0.15) is 0 Å². The summed E-state index contributed by atoms with van der Waals surface area (Å²) in [6.07, 6.45) is 10.3. The molecule has 0 bridgehead atoms. The molecule has 1 aliphatic heterocycles. The first-order chi connectivity index (χ1) is 18.5. The number of nitrogens with two attached hydrogens (primary N) is 1. The maximum atomic E-state index is 13.3. The second-order valence-electron chi connectivity index (χ2n) is 11.3. The minimum Gasteiger partial charge on any atom is -0.453 e. The minimum atomic E-state index is -0.464. The van der Waals surface area contributed by atoms with E-state index in [0.717, 1.165) is 92.5 Å². The number of hydrogen-bond acceptors (Lipinski definition) is 5. The standard InChI is InChI=1S/C31H42N4O3/c1-38-31(37)33-28-20-25(11-16-29(28)34-17-4-2-3-5-18-34)24-8-6-7-22(19-24)21-35(30(36)23-9-10-23)27-14-12-26(32)13-15-27/h6-8,11,16,19-20,23,26-27H,2-5,9-10,12-15,17-18,21,32H2,1H3,(H,33,37). The van der Waals surface area contributed by atoms with Crippen molar-refractivity contribution in [3.05, 3.63) is 48.0 Å². The molecule has 2 aromatic carbocycles. The number of anilines is 2. The van der Waals surface area contributed by atoms with Crippen molar-refractivity contribution in [2.75, 3.05) is 30.4 Å². The van der Waals surface area contributed by atoms with Crippen molar-refractivity contribution in [2.45, 2.75) is 82.8 Å². The van der Waals surface area contributed by atoms with Crippen LogP contribution >= 0.6 is 0 Å². The molecule has 3 fully saturated rings. The van der Waals surface area contributed by atoms with E-state index in [1.807, 2.05) is 6.07 Å². The highest BCUT2D eigenvalue weighted by Gasteiger charge is 2.37. The van der Waals surface area contributed by atoms with E-state index in [2.05, 4.69) is 51.5 Å². The maximum Gasteiger partial charge on any atom is 0.411 e. The first-order valence-corrected chi connectivity index (χ1v) is 14.4. The molecular formula is C31H42N4O3. The molecule has 2 saturated carbocycles. The summed E-state index contributed by atoms with van der Waals surface area (Å²) in [5.74, 6) is 0.509. The Kier molecular flexibility index (Phi) is 8.52. The summed E-state index contributed by atoms with van der Waals surface area (Å²) in [4.78, 5) is 30.0. The number of nitrogens with one attached hydrogen (secondary N) is 1. The molecule has 0 aromatic heterocycles. The molecule has 204 valence electrons. The number of hydrogen-bond donors (Lipinski definition) is 2. The van der Waals surface area contributed by atoms with E-state index >= 15 is 0 Å². The summed E-state index contributed by atoms with van der Waals surface area (Å²) in [5.41, 5.74) is 11.2. The molecule has 7 heteroatoms. The van der Waals surface area contributed by atoms with Gasteiger partial charge in [-0.3, -0.25) is 10.1 Å². The number of rotatable bonds is 7. The smallest absolute Gasteiger partial charge is 0.411 e. The third-order valence-corrected chi connectivity index (χ3v) is 8.37. The molecule has 2 aliphatic carbocycles. The molecular weight excluding hydrogens is 476 g/mol. The van der Waals surface area contributed by atoms with Gasteiger partial charge in [0.15, 0.2) is 0 Å². The van der Waals surface area contributed by atoms with Crippen molar-refractivity contribution in [3.63, 3.8) is 0 Å². The van der Waals surface area contributed by atoms with Crippen molar-refractivity contribution < 1.29 is 14.3 Å². The van der Waals surface area contributed by atoms with E-state index < -0.39 is 6.09 Å². The highest BCUT2D eigenvalue weighted by atomic mass is 16.5. The largest absolute Gasteiger partial charge is 0.453 e. The Balaban J connectivity index is 1.40. The van der Waals surface area contributed by atoms with Gasteiger partial charge in [-0.1, -0.05) is 37.1 Å². The van der Waals surface area contributed by atoms with E-state index in [4.69, 9.17) is 10.5 Å². The zero-order valence-corrected chi connectivity index (χ0v) is 22.7. The maximum absolute atomic E-state index is 13.3. The number of carbonyl (C=O) groups excluding carboxylic acids is 2. The lowest BCUT2D eigenvalue weighted by Crippen LogP contribution is -2.44. The van der Waals surface area contributed by atoms with Gasteiger partial charge in [-0.25, -0.2) is 4.79 Å². The molecule has 2 aromatic rings. The monoisotopic (exact) mass is 518 g/mol. The normalized spacial score (nSPS) is 21.9. The van der Waals surface area contributed by atoms with Crippen LogP contribution in [0, 0.1) is 5.92 Å². The zero-order chi connectivity index (χ0) is 26.5. The molecule has 0 atom stereocenters. The Morgan fingerprint density at radius 1 is 0.947 bits per heavy atom. The fourth-order valence-corrected chi connectivity index (χ4v) is 5.98. The molecule has 0 radical (unpaired) electrons. The summed E-state index contributed by atoms with van der Waals surface area (Å²) in [7, 11) is 1.39. The fraction of sp³-hybridized carbons (Fsp3) is 0.548. The summed E-state index contributed by atoms with van der Waals surface area (Å²) < 4.78 is 4.93. The van der Waals surface area contributed by atoms with Crippen molar-refractivity contribution in [1.82, 2.24) is 4.90 Å². The van der Waals surface area contributed by atoms with Crippen molar-refractivity contribution >= 4 is 23.4 Å². The number of carbonyl (C=O) groups is 2. The van der Waals surface area contributed by atoms with Gasteiger partial charge in [0.05, 0.1) is 18.5 Å². The van der Waals surface area contributed by atoms with Crippen LogP contribution in [0.1, 0.15) is 69.8 Å². The second kappa shape index (κ2) is 12.2. The number of benzene rings is 2. The van der Waals surface area contributed by atoms with Crippen LogP contribution in [-0.4, -0.2) is 49.2 Å². The quantitative estimate of drug-likeness (QED) is 0.475. The van der Waals surface area contributed by atoms with E-state index in [1.54, 1.807) is 0 Å². The molecule has 3 N–H and O–H groups in total. The Hall–Kier alpha value is -3.06. The molecule has 7 nitrogen and oxygen atoms in total. The summed E-state index contributed by atoms with van der Waals surface area (Å²) in [6.45, 7) is 2.60. The van der Waals surface area contributed by atoms with Crippen molar-refractivity contribution in [2.24, 2.45) is 11.7 Å². The molecule has 2 amide bonds. The van der Waals surface area contributed by atoms with Gasteiger partial charge in [-0.05, 0) is 86.3 Å². The molecule has 0 unspecified atom stereocenters. The zero-order valence-electron chi connectivity index (χ0n) is 22.7. The average Bonchev–Trinajstić information content (AvgIpc) is 3.80. The number of methoxy groups -OCH3 is 1. The van der Waals surface area contributed by atoms with E-state index in [1.165, 1.54) is 20.0 Å². The molecule has 3 aliphatic rings. The van der Waals surface area contributed by atoms with Crippen LogP contribution in [0.3, 0.4) is 0 Å². The third-order valence-electron chi connectivity index (χ3n) is 8.37. The van der Waals surface area contributed by atoms with Crippen LogP contribution in [0.25, 0.3) is 11.1 Å². The van der Waals surface area contributed by atoms with Gasteiger partial charge >= 0.3 is 6.09 Å². The highest BCUT2D eigenvalue weighted by molar-refractivity contribution is 5.91. The summed E-state index contributed by atoms with van der Waals surface area (Å²) in [5, 5.41) is 2.95. The predicted octanol–water partition coefficient (Wildman–Crippen LogP) is 5.92. The van der Waals surface area contributed by atoms with Crippen LogP contribution in [0.2, 0.25) is 0 Å². The van der Waals surface area contributed by atoms with Crippen LogP contribution in [0.15, 0.2) is 42.5 Å².